The Balaban J connectivity index is 1.78. The van der Waals surface area contributed by atoms with Crippen molar-refractivity contribution >= 4 is 0 Å². The average Bonchev–Trinajstić information content (AvgIpc) is 2.37. The first-order chi connectivity index (χ1) is 9.94. The highest BCUT2D eigenvalue weighted by Crippen LogP contribution is 2.10. The predicted octanol–water partition coefficient (Wildman–Crippen LogP) is 1.14. The number of hydrogen-bond acceptors (Lipinski definition) is 4. The van der Waals surface area contributed by atoms with Gasteiger partial charge in [0.05, 0.1) is 18.8 Å². The molecule has 0 spiro atoms. The maximum atomic E-state index is 13.1. The predicted molar refractivity (Wildman–Crippen MR) is 75.9 cm³/mol. The number of halogens is 2. The zero-order valence-electron chi connectivity index (χ0n) is 12.2. The Labute approximate surface area is 123 Å². The molecule has 1 fully saturated rings. The van der Waals surface area contributed by atoms with Crippen molar-refractivity contribution in [3.63, 3.8) is 0 Å². The molecule has 4 nitrogen and oxygen atoms in total. The molecule has 0 bridgehead atoms. The summed E-state index contributed by atoms with van der Waals surface area (Å²) in [7, 11) is 0. The van der Waals surface area contributed by atoms with Gasteiger partial charge in [0.25, 0.3) is 0 Å². The first-order valence-corrected chi connectivity index (χ1v) is 7.13. The van der Waals surface area contributed by atoms with Gasteiger partial charge in [-0.15, -0.1) is 0 Å². The van der Waals surface area contributed by atoms with Crippen molar-refractivity contribution in [2.24, 2.45) is 0 Å². The molecule has 1 atom stereocenters. The van der Waals surface area contributed by atoms with Gasteiger partial charge in [0, 0.05) is 38.8 Å². The molecule has 1 saturated heterocycles. The van der Waals surface area contributed by atoms with Crippen LogP contribution in [-0.4, -0.2) is 55.0 Å². The summed E-state index contributed by atoms with van der Waals surface area (Å²) in [6.07, 6.45) is 0. The Morgan fingerprint density at radius 2 is 1.86 bits per heavy atom. The van der Waals surface area contributed by atoms with Crippen LogP contribution < -0.4 is 5.32 Å². The van der Waals surface area contributed by atoms with Gasteiger partial charge in [-0.1, -0.05) is 0 Å². The van der Waals surface area contributed by atoms with Gasteiger partial charge in [-0.2, -0.15) is 0 Å². The summed E-state index contributed by atoms with van der Waals surface area (Å²) in [5, 5.41) is 13.4. The molecule has 1 aliphatic heterocycles. The van der Waals surface area contributed by atoms with Crippen LogP contribution in [0.3, 0.4) is 0 Å². The molecule has 1 aliphatic rings. The van der Waals surface area contributed by atoms with E-state index in [4.69, 9.17) is 4.74 Å². The average molecular weight is 300 g/mol. The summed E-state index contributed by atoms with van der Waals surface area (Å²) >= 11 is 0. The van der Waals surface area contributed by atoms with Gasteiger partial charge in [-0.25, -0.2) is 8.78 Å². The quantitative estimate of drug-likeness (QED) is 0.827. The fourth-order valence-electron chi connectivity index (χ4n) is 2.49. The lowest BCUT2D eigenvalue weighted by molar-refractivity contribution is -0.0219. The number of hydrogen-bond donors (Lipinski definition) is 2. The third-order valence-electron chi connectivity index (χ3n) is 3.43. The standard InChI is InChI=1S/C15H22F2N2O2/c1-15(20,11-19-2-4-21-5-3-19)10-18-9-12-6-13(16)8-14(17)7-12/h6-8,18,20H,2-5,9-11H2,1H3. The zero-order chi connectivity index (χ0) is 15.3. The van der Waals surface area contributed by atoms with Crippen LogP contribution in [0.15, 0.2) is 18.2 Å². The Kier molecular flexibility index (Phi) is 5.64. The van der Waals surface area contributed by atoms with Crippen molar-refractivity contribution in [1.82, 2.24) is 10.2 Å². The number of morpholine rings is 1. The smallest absolute Gasteiger partial charge is 0.126 e. The molecule has 0 aromatic heterocycles. The SMILES string of the molecule is CC(O)(CNCc1cc(F)cc(F)c1)CN1CCOCC1. The molecule has 1 heterocycles. The van der Waals surface area contributed by atoms with Gasteiger partial charge >= 0.3 is 0 Å². The molecule has 0 saturated carbocycles. The molecular weight excluding hydrogens is 278 g/mol. The minimum absolute atomic E-state index is 0.313. The van der Waals surface area contributed by atoms with Gasteiger partial charge in [-0.05, 0) is 24.6 Å². The van der Waals surface area contributed by atoms with Crippen LogP contribution >= 0.6 is 0 Å². The molecule has 2 N–H and O–H groups in total. The summed E-state index contributed by atoms with van der Waals surface area (Å²) in [5.41, 5.74) is -0.377. The van der Waals surface area contributed by atoms with Gasteiger partial charge in [-0.3, -0.25) is 4.90 Å². The Bertz CT molecular complexity index is 443. The molecule has 0 amide bonds. The van der Waals surface area contributed by atoms with E-state index in [9.17, 15) is 13.9 Å². The van der Waals surface area contributed by atoms with E-state index in [1.54, 1.807) is 6.92 Å². The number of nitrogens with one attached hydrogen (secondary N) is 1. The molecule has 0 radical (unpaired) electrons. The van der Waals surface area contributed by atoms with E-state index in [0.717, 1.165) is 19.2 Å². The van der Waals surface area contributed by atoms with Gasteiger partial charge in [0.1, 0.15) is 11.6 Å². The second kappa shape index (κ2) is 7.26. The fourth-order valence-corrected chi connectivity index (χ4v) is 2.49. The van der Waals surface area contributed by atoms with E-state index in [1.807, 2.05) is 0 Å². The van der Waals surface area contributed by atoms with E-state index in [1.165, 1.54) is 12.1 Å². The number of rotatable bonds is 6. The topological polar surface area (TPSA) is 44.7 Å². The van der Waals surface area contributed by atoms with Crippen molar-refractivity contribution < 1.29 is 18.6 Å². The number of benzene rings is 1. The third-order valence-corrected chi connectivity index (χ3v) is 3.43. The van der Waals surface area contributed by atoms with Gasteiger partial charge in [0.2, 0.25) is 0 Å². The Morgan fingerprint density at radius 3 is 2.48 bits per heavy atom. The van der Waals surface area contributed by atoms with Crippen LogP contribution in [0.25, 0.3) is 0 Å². The summed E-state index contributed by atoms with van der Waals surface area (Å²) in [6, 6.07) is 3.41. The molecule has 0 aliphatic carbocycles. The Morgan fingerprint density at radius 1 is 1.24 bits per heavy atom. The number of nitrogens with zero attached hydrogens (tertiary/aromatic N) is 1. The van der Waals surface area contributed by atoms with Crippen LogP contribution in [0.1, 0.15) is 12.5 Å². The maximum absolute atomic E-state index is 13.1. The third kappa shape index (κ3) is 5.67. The number of β-amino-alcohol motifs (C(OH)–C–C–N with tert-alkyl or cyclic N) is 1. The molecule has 1 aromatic carbocycles. The van der Waals surface area contributed by atoms with Gasteiger partial charge in [0.15, 0.2) is 0 Å². The zero-order valence-corrected chi connectivity index (χ0v) is 12.2. The first-order valence-electron chi connectivity index (χ1n) is 7.13. The molecule has 118 valence electrons. The highest BCUT2D eigenvalue weighted by molar-refractivity contribution is 5.17. The molecule has 1 aromatic rings. The molecular formula is C15H22F2N2O2. The van der Waals surface area contributed by atoms with Crippen molar-refractivity contribution in [2.45, 2.75) is 19.1 Å². The van der Waals surface area contributed by atoms with Crippen LogP contribution in [0.4, 0.5) is 8.78 Å². The van der Waals surface area contributed by atoms with E-state index < -0.39 is 17.2 Å². The van der Waals surface area contributed by atoms with E-state index in [0.29, 0.717) is 38.4 Å². The summed E-state index contributed by atoms with van der Waals surface area (Å²) in [6.45, 7) is 5.95. The number of aliphatic hydroxyl groups is 1. The lowest BCUT2D eigenvalue weighted by atomic mass is 10.1. The van der Waals surface area contributed by atoms with Crippen LogP contribution in [0.2, 0.25) is 0 Å². The van der Waals surface area contributed by atoms with E-state index >= 15 is 0 Å². The van der Waals surface area contributed by atoms with Crippen molar-refractivity contribution in [2.75, 3.05) is 39.4 Å². The van der Waals surface area contributed by atoms with Gasteiger partial charge < -0.3 is 15.2 Å². The molecule has 1 unspecified atom stereocenters. The summed E-state index contributed by atoms with van der Waals surface area (Å²) in [5.74, 6) is -1.18. The van der Waals surface area contributed by atoms with Crippen molar-refractivity contribution in [3.8, 4) is 0 Å². The van der Waals surface area contributed by atoms with Crippen molar-refractivity contribution in [1.29, 1.82) is 0 Å². The second-order valence-electron chi connectivity index (χ2n) is 5.77. The minimum Gasteiger partial charge on any atom is -0.388 e. The first kappa shape index (κ1) is 16.3. The van der Waals surface area contributed by atoms with E-state index in [-0.39, 0.29) is 0 Å². The fraction of sp³-hybridized carbons (Fsp3) is 0.600. The minimum atomic E-state index is -0.900. The lowest BCUT2D eigenvalue weighted by Gasteiger charge is -2.34. The maximum Gasteiger partial charge on any atom is 0.126 e. The molecule has 6 heteroatoms. The normalized spacial score (nSPS) is 19.4. The van der Waals surface area contributed by atoms with Crippen molar-refractivity contribution in [3.05, 3.63) is 35.4 Å². The molecule has 2 rings (SSSR count). The van der Waals surface area contributed by atoms with Crippen LogP contribution in [0, 0.1) is 11.6 Å². The van der Waals surface area contributed by atoms with E-state index in [2.05, 4.69) is 10.2 Å². The largest absolute Gasteiger partial charge is 0.388 e. The lowest BCUT2D eigenvalue weighted by Crippen LogP contribution is -2.50. The highest BCUT2D eigenvalue weighted by Gasteiger charge is 2.24. The Hall–Kier alpha value is -1.08. The molecule has 21 heavy (non-hydrogen) atoms. The summed E-state index contributed by atoms with van der Waals surface area (Å²) in [4.78, 5) is 2.15. The van der Waals surface area contributed by atoms with Crippen LogP contribution in [-0.2, 0) is 11.3 Å². The monoisotopic (exact) mass is 300 g/mol. The highest BCUT2D eigenvalue weighted by atomic mass is 19.1. The summed E-state index contributed by atoms with van der Waals surface area (Å²) < 4.78 is 31.4. The second-order valence-corrected chi connectivity index (χ2v) is 5.77. The number of ether oxygens (including phenoxy) is 1. The van der Waals surface area contributed by atoms with Crippen LogP contribution in [0.5, 0.6) is 0 Å².